The van der Waals surface area contributed by atoms with Gasteiger partial charge in [-0.25, -0.2) is 9.97 Å². The Morgan fingerprint density at radius 3 is 2.21 bits per heavy atom. The fourth-order valence-corrected chi connectivity index (χ4v) is 4.48. The van der Waals surface area contributed by atoms with Crippen LogP contribution in [0.25, 0.3) is 0 Å². The molecule has 4 rings (SSSR count). The molecule has 3 aromatic rings. The number of rotatable bonds is 11. The zero-order valence-corrected chi connectivity index (χ0v) is 22.0. The topological polar surface area (TPSA) is 124 Å². The molecule has 0 radical (unpaired) electrons. The average molecular weight is 525 g/mol. The number of hydrogen-bond donors (Lipinski definition) is 1. The molecule has 0 atom stereocenters. The lowest BCUT2D eigenvalue weighted by Gasteiger charge is -2.37. The molecule has 1 saturated heterocycles. The summed E-state index contributed by atoms with van der Waals surface area (Å²) >= 11 is 0. The number of hydrogen-bond acceptors (Lipinski definition) is 11. The molecule has 12 heteroatoms. The van der Waals surface area contributed by atoms with Gasteiger partial charge in [-0.15, -0.1) is 0 Å². The highest BCUT2D eigenvalue weighted by Gasteiger charge is 2.30. The van der Waals surface area contributed by atoms with Gasteiger partial charge in [0.1, 0.15) is 12.1 Å². The fourth-order valence-electron chi connectivity index (χ4n) is 4.48. The average Bonchev–Trinajstić information content (AvgIpc) is 2.95. The van der Waals surface area contributed by atoms with Crippen LogP contribution in [0.4, 0.5) is 23.0 Å². The van der Waals surface area contributed by atoms with Gasteiger partial charge in [0.15, 0.2) is 11.5 Å². The van der Waals surface area contributed by atoms with E-state index in [1.165, 1.54) is 27.7 Å². The van der Waals surface area contributed by atoms with E-state index in [4.69, 9.17) is 18.9 Å². The Balaban J connectivity index is 1.52. The Kier molecular flexibility index (Phi) is 8.51. The van der Waals surface area contributed by atoms with Crippen LogP contribution in [0.5, 0.6) is 23.0 Å². The number of nitrogens with zero attached hydrogens (tertiary/aromatic N) is 5. The summed E-state index contributed by atoms with van der Waals surface area (Å²) in [5.74, 6) is 2.70. The van der Waals surface area contributed by atoms with E-state index in [2.05, 4.69) is 20.2 Å². The van der Waals surface area contributed by atoms with Gasteiger partial charge in [0.05, 0.1) is 38.5 Å². The van der Waals surface area contributed by atoms with Crippen molar-refractivity contribution in [1.29, 1.82) is 0 Å². The first kappa shape index (κ1) is 26.6. The van der Waals surface area contributed by atoms with E-state index < -0.39 is 4.92 Å². The predicted octanol–water partition coefficient (Wildman–Crippen LogP) is 3.75. The number of piperazine rings is 1. The molecule has 2 heterocycles. The minimum Gasteiger partial charge on any atom is -0.493 e. The monoisotopic (exact) mass is 524 g/mol. The molecule has 2 aromatic carbocycles. The van der Waals surface area contributed by atoms with Crippen molar-refractivity contribution in [3.63, 3.8) is 0 Å². The Bertz CT molecular complexity index is 1240. The smallest absolute Gasteiger partial charge is 0.353 e. The zero-order chi connectivity index (χ0) is 27.1. The van der Waals surface area contributed by atoms with Gasteiger partial charge >= 0.3 is 5.69 Å². The summed E-state index contributed by atoms with van der Waals surface area (Å²) in [6, 6.07) is 11.5. The molecular formula is C26H32N6O6. The van der Waals surface area contributed by atoms with Crippen LogP contribution in [0.15, 0.2) is 42.7 Å². The van der Waals surface area contributed by atoms with Gasteiger partial charge in [0.2, 0.25) is 17.4 Å². The molecular weight excluding hydrogens is 492 g/mol. The molecule has 1 aliphatic heterocycles. The molecule has 0 amide bonds. The highest BCUT2D eigenvalue weighted by atomic mass is 16.6. The second-order valence-electron chi connectivity index (χ2n) is 8.41. The van der Waals surface area contributed by atoms with Crippen LogP contribution in [0, 0.1) is 10.1 Å². The summed E-state index contributed by atoms with van der Waals surface area (Å²) in [7, 11) is 4.60. The Labute approximate surface area is 221 Å². The van der Waals surface area contributed by atoms with Gasteiger partial charge in [-0.2, -0.15) is 0 Å². The number of aromatic nitrogens is 2. The van der Waals surface area contributed by atoms with E-state index in [0.717, 1.165) is 17.0 Å². The Morgan fingerprint density at radius 1 is 0.947 bits per heavy atom. The summed E-state index contributed by atoms with van der Waals surface area (Å²) in [4.78, 5) is 24.3. The highest BCUT2D eigenvalue weighted by Crippen LogP contribution is 2.39. The molecule has 0 bridgehead atoms. The summed E-state index contributed by atoms with van der Waals surface area (Å²) in [6.45, 7) is 5.23. The molecule has 1 aliphatic rings. The second-order valence-corrected chi connectivity index (χ2v) is 8.41. The Morgan fingerprint density at radius 2 is 1.61 bits per heavy atom. The van der Waals surface area contributed by atoms with Crippen molar-refractivity contribution in [2.45, 2.75) is 13.5 Å². The van der Waals surface area contributed by atoms with Crippen molar-refractivity contribution in [1.82, 2.24) is 9.97 Å². The van der Waals surface area contributed by atoms with Gasteiger partial charge in [-0.3, -0.25) is 10.1 Å². The normalized spacial score (nSPS) is 13.2. The van der Waals surface area contributed by atoms with E-state index in [1.54, 1.807) is 12.1 Å². The van der Waals surface area contributed by atoms with Gasteiger partial charge in [0, 0.05) is 32.7 Å². The van der Waals surface area contributed by atoms with Crippen LogP contribution in [-0.2, 0) is 6.54 Å². The number of nitrogens with one attached hydrogen (secondary N) is 1. The molecule has 38 heavy (non-hydrogen) atoms. The second kappa shape index (κ2) is 12.2. The lowest BCUT2D eigenvalue weighted by molar-refractivity contribution is -0.383. The van der Waals surface area contributed by atoms with Crippen LogP contribution in [-0.4, -0.2) is 69.0 Å². The number of anilines is 3. The third-order valence-electron chi connectivity index (χ3n) is 6.25. The quantitative estimate of drug-likeness (QED) is 0.291. The molecule has 12 nitrogen and oxygen atoms in total. The number of para-hydroxylation sites is 2. The molecule has 0 spiro atoms. The summed E-state index contributed by atoms with van der Waals surface area (Å²) in [5, 5.41) is 15.2. The molecule has 202 valence electrons. The number of ether oxygens (including phenoxy) is 4. The van der Waals surface area contributed by atoms with Gasteiger partial charge in [-0.05, 0) is 36.8 Å². The number of benzene rings is 2. The fraction of sp³-hybridized carbons (Fsp3) is 0.385. The molecule has 1 fully saturated rings. The van der Waals surface area contributed by atoms with Crippen molar-refractivity contribution in [2.24, 2.45) is 0 Å². The SMILES string of the molecule is CCOc1ccccc1N1CCN(c2ncnc(NCc3cc(OC)c(OC)c(OC)c3)c2[N+](=O)[O-])CC1. The first-order chi connectivity index (χ1) is 18.5. The van der Waals surface area contributed by atoms with Crippen LogP contribution in [0.3, 0.4) is 0 Å². The lowest BCUT2D eigenvalue weighted by Crippen LogP contribution is -2.47. The summed E-state index contributed by atoms with van der Waals surface area (Å²) < 4.78 is 22.0. The standard InChI is InChI=1S/C26H32N6O6/c1-5-38-20-9-7-6-8-19(20)30-10-12-31(13-11-30)26-23(32(33)34)25(28-17-29-26)27-16-18-14-21(35-2)24(37-4)22(15-18)36-3/h6-9,14-15,17H,5,10-13,16H2,1-4H3,(H,27,28,29). The van der Waals surface area contributed by atoms with Crippen LogP contribution >= 0.6 is 0 Å². The van der Waals surface area contributed by atoms with Crippen LogP contribution in [0.1, 0.15) is 12.5 Å². The van der Waals surface area contributed by atoms with Gasteiger partial charge < -0.3 is 34.1 Å². The van der Waals surface area contributed by atoms with E-state index in [-0.39, 0.29) is 23.9 Å². The number of methoxy groups -OCH3 is 3. The maximum Gasteiger partial charge on any atom is 0.353 e. The minimum absolute atomic E-state index is 0.137. The third kappa shape index (κ3) is 5.58. The van der Waals surface area contributed by atoms with E-state index in [0.29, 0.717) is 50.0 Å². The van der Waals surface area contributed by atoms with Gasteiger partial charge in [-0.1, -0.05) is 12.1 Å². The van der Waals surface area contributed by atoms with Crippen LogP contribution < -0.4 is 34.1 Å². The molecule has 0 saturated carbocycles. The molecule has 0 unspecified atom stereocenters. The maximum absolute atomic E-state index is 12.2. The Hall–Kier alpha value is -4.48. The van der Waals surface area contributed by atoms with E-state index in [9.17, 15) is 10.1 Å². The van der Waals surface area contributed by atoms with E-state index in [1.807, 2.05) is 36.1 Å². The van der Waals surface area contributed by atoms with Gasteiger partial charge in [0.25, 0.3) is 0 Å². The number of nitro groups is 1. The van der Waals surface area contributed by atoms with E-state index >= 15 is 0 Å². The van der Waals surface area contributed by atoms with Crippen molar-refractivity contribution >= 4 is 23.0 Å². The third-order valence-corrected chi connectivity index (χ3v) is 6.25. The first-order valence-corrected chi connectivity index (χ1v) is 12.2. The zero-order valence-electron chi connectivity index (χ0n) is 22.0. The summed E-state index contributed by atoms with van der Waals surface area (Å²) in [5.41, 5.74) is 1.62. The van der Waals surface area contributed by atoms with Crippen molar-refractivity contribution in [3.8, 4) is 23.0 Å². The molecule has 0 aliphatic carbocycles. The summed E-state index contributed by atoms with van der Waals surface area (Å²) in [6.07, 6.45) is 1.34. The molecule has 1 aromatic heterocycles. The molecule has 1 N–H and O–H groups in total. The first-order valence-electron chi connectivity index (χ1n) is 12.2. The highest BCUT2D eigenvalue weighted by molar-refractivity contribution is 5.71. The predicted molar refractivity (Wildman–Crippen MR) is 144 cm³/mol. The lowest BCUT2D eigenvalue weighted by atomic mass is 10.1. The maximum atomic E-state index is 12.2. The van der Waals surface area contributed by atoms with Crippen LogP contribution in [0.2, 0.25) is 0 Å². The van der Waals surface area contributed by atoms with Crippen molar-refractivity contribution in [2.75, 3.05) is 69.2 Å². The minimum atomic E-state index is -0.441. The largest absolute Gasteiger partial charge is 0.493 e. The van der Waals surface area contributed by atoms with Crippen molar-refractivity contribution < 1.29 is 23.9 Å². The van der Waals surface area contributed by atoms with Crippen molar-refractivity contribution in [3.05, 3.63) is 58.4 Å².